The lowest BCUT2D eigenvalue weighted by Gasteiger charge is -1.98. The smallest absolute Gasteiger partial charge is 0.279 e. The maximum absolute atomic E-state index is 12.0. The lowest BCUT2D eigenvalue weighted by molar-refractivity contribution is 0.101. The molecule has 0 aliphatic rings. The van der Waals surface area contributed by atoms with E-state index in [0.29, 0.717) is 32.9 Å². The van der Waals surface area contributed by atoms with Gasteiger partial charge in [0.05, 0.1) is 10.0 Å². The minimum absolute atomic E-state index is 0.113. The Morgan fingerprint density at radius 2 is 1.91 bits per heavy atom. The summed E-state index contributed by atoms with van der Waals surface area (Å²) in [5, 5.41) is 10.8. The highest BCUT2D eigenvalue weighted by molar-refractivity contribution is 6.42. The van der Waals surface area contributed by atoms with E-state index in [9.17, 15) is 4.79 Å². The number of nitrogens with zero attached hydrogens (tertiary/aromatic N) is 2. The fourth-order valence-corrected chi connectivity index (χ4v) is 2.07. The number of carbonyl (C=O) groups is 1. The van der Waals surface area contributed by atoms with Crippen LogP contribution >= 0.6 is 23.2 Å². The van der Waals surface area contributed by atoms with Gasteiger partial charge in [0.2, 0.25) is 0 Å². The van der Waals surface area contributed by atoms with Crippen molar-refractivity contribution >= 4 is 34.9 Å². The van der Waals surface area contributed by atoms with Crippen LogP contribution in [0.15, 0.2) is 39.4 Å². The molecule has 0 saturated heterocycles. The van der Waals surface area contributed by atoms with Crippen LogP contribution < -0.4 is 5.32 Å². The summed E-state index contributed by atoms with van der Waals surface area (Å²) in [6.07, 6.45) is 0. The maximum atomic E-state index is 12.0. The fourth-order valence-electron chi connectivity index (χ4n) is 1.77. The van der Waals surface area contributed by atoms with Crippen LogP contribution in [0.25, 0.3) is 11.3 Å². The van der Waals surface area contributed by atoms with Gasteiger partial charge >= 0.3 is 0 Å². The van der Waals surface area contributed by atoms with E-state index in [4.69, 9.17) is 32.2 Å². The molecule has 1 N–H and O–H groups in total. The summed E-state index contributed by atoms with van der Waals surface area (Å²) >= 11 is 11.8. The van der Waals surface area contributed by atoms with Crippen molar-refractivity contribution in [2.24, 2.45) is 0 Å². The lowest BCUT2D eigenvalue weighted by atomic mass is 10.1. The molecular formula is C14H9Cl2N3O3. The van der Waals surface area contributed by atoms with Crippen molar-refractivity contribution in [3.63, 3.8) is 0 Å². The molecule has 112 valence electrons. The van der Waals surface area contributed by atoms with Crippen LogP contribution in [0.2, 0.25) is 10.0 Å². The van der Waals surface area contributed by atoms with Crippen molar-refractivity contribution in [3.05, 3.63) is 51.8 Å². The van der Waals surface area contributed by atoms with Crippen LogP contribution in [0.1, 0.15) is 16.2 Å². The second-order valence-electron chi connectivity index (χ2n) is 4.48. The van der Waals surface area contributed by atoms with Crippen LogP contribution in [-0.2, 0) is 0 Å². The van der Waals surface area contributed by atoms with Crippen molar-refractivity contribution in [3.8, 4) is 11.3 Å². The molecule has 2 heterocycles. The number of amides is 1. The number of benzene rings is 1. The Morgan fingerprint density at radius 3 is 2.59 bits per heavy atom. The zero-order valence-electron chi connectivity index (χ0n) is 11.3. The maximum Gasteiger partial charge on any atom is 0.279 e. The van der Waals surface area contributed by atoms with E-state index in [2.05, 4.69) is 15.6 Å². The molecule has 1 aromatic carbocycles. The van der Waals surface area contributed by atoms with Crippen molar-refractivity contribution in [1.29, 1.82) is 0 Å². The van der Waals surface area contributed by atoms with Gasteiger partial charge in [0.1, 0.15) is 5.76 Å². The molecule has 6 nitrogen and oxygen atoms in total. The molecule has 0 unspecified atom stereocenters. The van der Waals surface area contributed by atoms with Gasteiger partial charge in [-0.3, -0.25) is 4.79 Å². The van der Waals surface area contributed by atoms with Crippen LogP contribution in [0.5, 0.6) is 0 Å². The standard InChI is InChI=1S/C14H9Cl2N3O3/c1-7-4-13(19-21-7)17-14(20)11-6-12(22-18-11)8-2-3-9(15)10(16)5-8/h2-6H,1H3,(H,17,19,20). The summed E-state index contributed by atoms with van der Waals surface area (Å²) in [5.41, 5.74) is 0.778. The Hall–Kier alpha value is -2.31. The molecule has 0 fully saturated rings. The topological polar surface area (TPSA) is 81.2 Å². The number of nitrogens with one attached hydrogen (secondary N) is 1. The molecule has 8 heteroatoms. The van der Waals surface area contributed by atoms with Crippen molar-refractivity contribution < 1.29 is 13.8 Å². The normalized spacial score (nSPS) is 10.7. The summed E-state index contributed by atoms with van der Waals surface area (Å²) < 4.78 is 10.0. The quantitative estimate of drug-likeness (QED) is 0.774. The fraction of sp³-hybridized carbons (Fsp3) is 0.0714. The summed E-state index contributed by atoms with van der Waals surface area (Å²) in [7, 11) is 0. The van der Waals surface area contributed by atoms with E-state index in [-0.39, 0.29) is 5.69 Å². The van der Waals surface area contributed by atoms with Crippen LogP contribution in [0.3, 0.4) is 0 Å². The zero-order valence-corrected chi connectivity index (χ0v) is 12.8. The zero-order chi connectivity index (χ0) is 15.7. The third-order valence-corrected chi connectivity index (χ3v) is 3.56. The number of carbonyl (C=O) groups excluding carboxylic acids is 1. The second-order valence-corrected chi connectivity index (χ2v) is 5.30. The number of anilines is 1. The van der Waals surface area contributed by atoms with E-state index in [1.807, 2.05) is 0 Å². The molecule has 3 rings (SSSR count). The summed E-state index contributed by atoms with van der Waals surface area (Å²) in [4.78, 5) is 12.0. The Balaban J connectivity index is 1.80. The van der Waals surface area contributed by atoms with Gasteiger partial charge in [-0.25, -0.2) is 0 Å². The van der Waals surface area contributed by atoms with Crippen molar-refractivity contribution in [1.82, 2.24) is 10.3 Å². The number of hydrogen-bond donors (Lipinski definition) is 1. The number of aryl methyl sites for hydroxylation is 1. The highest BCUT2D eigenvalue weighted by atomic mass is 35.5. The van der Waals surface area contributed by atoms with Crippen LogP contribution in [-0.4, -0.2) is 16.2 Å². The van der Waals surface area contributed by atoms with Crippen LogP contribution in [0.4, 0.5) is 5.82 Å². The Kier molecular flexibility index (Phi) is 3.87. The third-order valence-electron chi connectivity index (χ3n) is 2.82. The molecule has 22 heavy (non-hydrogen) atoms. The lowest BCUT2D eigenvalue weighted by Crippen LogP contribution is -2.12. The first kappa shape index (κ1) is 14.6. The molecule has 0 aliphatic heterocycles. The summed E-state index contributed by atoms with van der Waals surface area (Å²) in [6, 6.07) is 8.09. The molecule has 3 aromatic rings. The minimum atomic E-state index is -0.455. The predicted molar refractivity (Wildman–Crippen MR) is 81.2 cm³/mol. The Labute approximate surface area is 135 Å². The van der Waals surface area contributed by atoms with Gasteiger partial charge in [0.25, 0.3) is 5.91 Å². The number of halogens is 2. The molecule has 0 bridgehead atoms. The molecule has 2 aromatic heterocycles. The summed E-state index contributed by atoms with van der Waals surface area (Å²) in [6.45, 7) is 1.72. The van der Waals surface area contributed by atoms with Crippen molar-refractivity contribution in [2.45, 2.75) is 6.92 Å². The van der Waals surface area contributed by atoms with Gasteiger partial charge in [-0.05, 0) is 25.1 Å². The highest BCUT2D eigenvalue weighted by Gasteiger charge is 2.16. The first-order valence-electron chi connectivity index (χ1n) is 6.20. The molecule has 0 atom stereocenters. The minimum Gasteiger partial charge on any atom is -0.360 e. The molecular weight excluding hydrogens is 329 g/mol. The van der Waals surface area contributed by atoms with E-state index >= 15 is 0 Å². The van der Waals surface area contributed by atoms with Gasteiger partial charge in [-0.1, -0.05) is 33.5 Å². The molecule has 0 saturated carbocycles. The Morgan fingerprint density at radius 1 is 1.09 bits per heavy atom. The number of rotatable bonds is 3. The monoisotopic (exact) mass is 337 g/mol. The molecule has 0 spiro atoms. The molecule has 0 aliphatic carbocycles. The first-order valence-corrected chi connectivity index (χ1v) is 6.95. The average molecular weight is 338 g/mol. The van der Waals surface area contributed by atoms with Gasteiger partial charge in [-0.2, -0.15) is 0 Å². The molecule has 1 amide bonds. The van der Waals surface area contributed by atoms with Crippen LogP contribution in [0, 0.1) is 6.92 Å². The number of hydrogen-bond acceptors (Lipinski definition) is 5. The van der Waals surface area contributed by atoms with E-state index < -0.39 is 5.91 Å². The predicted octanol–water partition coefficient (Wildman–Crippen LogP) is 4.20. The van der Waals surface area contributed by atoms with E-state index in [1.54, 1.807) is 31.2 Å². The van der Waals surface area contributed by atoms with Gasteiger partial charge in [-0.15, -0.1) is 0 Å². The first-order chi connectivity index (χ1) is 10.5. The number of aromatic nitrogens is 2. The van der Waals surface area contributed by atoms with Crippen molar-refractivity contribution in [2.75, 3.05) is 5.32 Å². The Bertz CT molecular complexity index is 841. The average Bonchev–Trinajstić information content (AvgIpc) is 3.11. The van der Waals surface area contributed by atoms with E-state index in [0.717, 1.165) is 0 Å². The SMILES string of the molecule is Cc1cc(NC(=O)c2cc(-c3ccc(Cl)c(Cl)c3)on2)no1. The van der Waals surface area contributed by atoms with Gasteiger partial charge in [0, 0.05) is 17.7 Å². The third kappa shape index (κ3) is 2.98. The molecule has 0 radical (unpaired) electrons. The largest absolute Gasteiger partial charge is 0.360 e. The highest BCUT2D eigenvalue weighted by Crippen LogP contribution is 2.29. The second kappa shape index (κ2) is 5.82. The van der Waals surface area contributed by atoms with Gasteiger partial charge < -0.3 is 14.4 Å². The van der Waals surface area contributed by atoms with E-state index in [1.165, 1.54) is 6.07 Å². The summed E-state index contributed by atoms with van der Waals surface area (Å²) in [5.74, 6) is 0.844. The van der Waals surface area contributed by atoms with Gasteiger partial charge in [0.15, 0.2) is 17.3 Å².